The molecule has 1 heterocycles. The third-order valence-electron chi connectivity index (χ3n) is 6.29. The number of hydrogen-bond donors (Lipinski definition) is 1. The maximum atomic E-state index is 16.0. The van der Waals surface area contributed by atoms with E-state index in [-0.39, 0.29) is 42.8 Å². The second-order valence-corrected chi connectivity index (χ2v) is 10.6. The Kier molecular flexibility index (Phi) is 6.05. The molecule has 6 nitrogen and oxygen atoms in total. The summed E-state index contributed by atoms with van der Waals surface area (Å²) in [6.45, 7) is 0.342. The van der Waals surface area contributed by atoms with Crippen molar-refractivity contribution in [3.05, 3.63) is 59.7 Å². The number of nitrogens with zero attached hydrogens (tertiary/aromatic N) is 1. The van der Waals surface area contributed by atoms with Gasteiger partial charge in [-0.2, -0.15) is 0 Å². The Bertz CT molecular complexity index is 1170. The van der Waals surface area contributed by atoms with Crippen molar-refractivity contribution >= 4 is 15.9 Å². The molecule has 0 aromatic heterocycles. The van der Waals surface area contributed by atoms with Gasteiger partial charge in [-0.25, -0.2) is 26.3 Å². The molecule has 10 heteroatoms. The summed E-state index contributed by atoms with van der Waals surface area (Å²) >= 11 is 0. The molecule has 0 spiro atoms. The number of alkyl halides is 1. The number of likely N-dealkylation sites (tertiary alicyclic amines) is 1. The SMILES string of the molecule is COC[C@@]1(NS(C)(=O)=O)CCN(C(=O)[C@@H]2C[C@@]2(F)c2ccccc2-c2c(F)cccc2F)C1. The fourth-order valence-corrected chi connectivity index (χ4v) is 5.83. The maximum Gasteiger partial charge on any atom is 0.229 e. The number of halogens is 3. The number of carbonyl (C=O) groups is 1. The van der Waals surface area contributed by atoms with E-state index in [0.717, 1.165) is 18.4 Å². The highest BCUT2D eigenvalue weighted by molar-refractivity contribution is 7.88. The number of carbonyl (C=O) groups excluding carboxylic acids is 1. The smallest absolute Gasteiger partial charge is 0.229 e. The van der Waals surface area contributed by atoms with Gasteiger partial charge in [-0.1, -0.05) is 30.3 Å². The fraction of sp³-hybridized carbons (Fsp3) is 0.435. The summed E-state index contributed by atoms with van der Waals surface area (Å²) < 4.78 is 76.2. The van der Waals surface area contributed by atoms with Gasteiger partial charge in [-0.05, 0) is 29.7 Å². The van der Waals surface area contributed by atoms with Crippen LogP contribution in [0.1, 0.15) is 18.4 Å². The molecule has 1 amide bonds. The molecule has 1 aliphatic carbocycles. The van der Waals surface area contributed by atoms with Gasteiger partial charge in [0.25, 0.3) is 0 Å². The van der Waals surface area contributed by atoms with Crippen molar-refractivity contribution in [1.29, 1.82) is 0 Å². The van der Waals surface area contributed by atoms with E-state index >= 15 is 4.39 Å². The zero-order valence-corrected chi connectivity index (χ0v) is 19.1. The highest BCUT2D eigenvalue weighted by Gasteiger charge is 2.63. The van der Waals surface area contributed by atoms with Crippen LogP contribution in [0.4, 0.5) is 13.2 Å². The van der Waals surface area contributed by atoms with Gasteiger partial charge < -0.3 is 9.64 Å². The number of methoxy groups -OCH3 is 1. The number of amides is 1. The molecular weight excluding hydrogens is 457 g/mol. The van der Waals surface area contributed by atoms with Crippen LogP contribution in [0.2, 0.25) is 0 Å². The normalized spacial score (nSPS) is 27.1. The molecule has 1 saturated carbocycles. The molecule has 2 aromatic carbocycles. The Labute approximate surface area is 190 Å². The Balaban J connectivity index is 1.59. The van der Waals surface area contributed by atoms with Crippen LogP contribution in [0.3, 0.4) is 0 Å². The van der Waals surface area contributed by atoms with Gasteiger partial charge in [0.1, 0.15) is 17.3 Å². The van der Waals surface area contributed by atoms with E-state index in [9.17, 15) is 22.0 Å². The first-order valence-electron chi connectivity index (χ1n) is 10.5. The summed E-state index contributed by atoms with van der Waals surface area (Å²) in [4.78, 5) is 14.6. The number of benzene rings is 2. The van der Waals surface area contributed by atoms with E-state index in [1.54, 1.807) is 12.1 Å². The van der Waals surface area contributed by atoms with Gasteiger partial charge in [-0.3, -0.25) is 4.79 Å². The van der Waals surface area contributed by atoms with Crippen molar-refractivity contribution < 1.29 is 31.1 Å². The summed E-state index contributed by atoms with van der Waals surface area (Å²) in [6.07, 6.45) is 1.23. The summed E-state index contributed by atoms with van der Waals surface area (Å²) in [7, 11) is -2.13. The van der Waals surface area contributed by atoms with Crippen molar-refractivity contribution in [2.45, 2.75) is 24.0 Å². The molecule has 33 heavy (non-hydrogen) atoms. The van der Waals surface area contributed by atoms with Crippen LogP contribution < -0.4 is 4.72 Å². The van der Waals surface area contributed by atoms with Crippen LogP contribution in [0, 0.1) is 17.6 Å². The number of rotatable bonds is 7. The molecule has 178 valence electrons. The van der Waals surface area contributed by atoms with E-state index in [0.29, 0.717) is 6.42 Å². The molecule has 2 aliphatic rings. The molecule has 0 radical (unpaired) electrons. The first-order valence-corrected chi connectivity index (χ1v) is 12.4. The minimum absolute atomic E-state index is 0.0446. The molecule has 2 fully saturated rings. The average molecular weight is 483 g/mol. The van der Waals surface area contributed by atoms with E-state index in [1.807, 2.05) is 0 Å². The third kappa shape index (κ3) is 4.51. The molecule has 1 N–H and O–H groups in total. The first kappa shape index (κ1) is 23.7. The van der Waals surface area contributed by atoms with E-state index in [1.165, 1.54) is 30.2 Å². The molecule has 4 rings (SSSR count). The quantitative estimate of drug-likeness (QED) is 0.659. The van der Waals surface area contributed by atoms with Crippen LogP contribution in [-0.4, -0.2) is 57.8 Å². The highest BCUT2D eigenvalue weighted by Crippen LogP contribution is 2.59. The standard InChI is InChI=1S/C23H25F3N2O4S/c1-32-14-22(27-33(2,30)31)10-11-28(13-22)21(29)17-12-23(17,26)16-7-4-3-6-15(16)20-18(24)8-5-9-19(20)25/h3-9,17,27H,10-14H2,1-2H3/t17-,22+,23+/m0/s1. The number of ether oxygens (including phenoxy) is 1. The van der Waals surface area contributed by atoms with Gasteiger partial charge in [0, 0.05) is 26.6 Å². The zero-order valence-electron chi connectivity index (χ0n) is 18.3. The van der Waals surface area contributed by atoms with Gasteiger partial charge in [0.15, 0.2) is 0 Å². The second kappa shape index (κ2) is 8.41. The lowest BCUT2D eigenvalue weighted by molar-refractivity contribution is -0.133. The third-order valence-corrected chi connectivity index (χ3v) is 7.09. The highest BCUT2D eigenvalue weighted by atomic mass is 32.2. The van der Waals surface area contributed by atoms with Crippen molar-refractivity contribution in [3.63, 3.8) is 0 Å². The summed E-state index contributed by atoms with van der Waals surface area (Å²) in [5.74, 6) is -3.12. The minimum Gasteiger partial charge on any atom is -0.383 e. The van der Waals surface area contributed by atoms with Gasteiger partial charge in [-0.15, -0.1) is 0 Å². The second-order valence-electron chi connectivity index (χ2n) is 8.86. The van der Waals surface area contributed by atoms with Crippen molar-refractivity contribution in [2.24, 2.45) is 5.92 Å². The summed E-state index contributed by atoms with van der Waals surface area (Å²) in [5.41, 5.74) is -3.26. The molecule has 0 bridgehead atoms. The van der Waals surface area contributed by atoms with Crippen LogP contribution >= 0.6 is 0 Å². The van der Waals surface area contributed by atoms with Gasteiger partial charge in [0.05, 0.1) is 29.9 Å². The first-order chi connectivity index (χ1) is 15.5. The predicted octanol–water partition coefficient (Wildman–Crippen LogP) is 2.98. The molecular formula is C23H25F3N2O4S. The van der Waals surface area contributed by atoms with Crippen LogP contribution in [0.25, 0.3) is 11.1 Å². The molecule has 0 unspecified atom stereocenters. The zero-order chi connectivity index (χ0) is 24.0. The lowest BCUT2D eigenvalue weighted by atomic mass is 9.93. The Hall–Kier alpha value is -2.43. The van der Waals surface area contributed by atoms with Crippen LogP contribution in [-0.2, 0) is 25.2 Å². The monoisotopic (exact) mass is 482 g/mol. The van der Waals surface area contributed by atoms with Crippen LogP contribution in [0.5, 0.6) is 0 Å². The van der Waals surface area contributed by atoms with Crippen molar-refractivity contribution in [3.8, 4) is 11.1 Å². The number of nitrogens with one attached hydrogen (secondary N) is 1. The Morgan fingerprint density at radius 1 is 1.18 bits per heavy atom. The number of hydrogen-bond acceptors (Lipinski definition) is 4. The lowest BCUT2D eigenvalue weighted by Crippen LogP contribution is -2.53. The molecule has 1 saturated heterocycles. The fourth-order valence-electron chi connectivity index (χ4n) is 4.82. The largest absolute Gasteiger partial charge is 0.383 e. The van der Waals surface area contributed by atoms with Crippen molar-refractivity contribution in [1.82, 2.24) is 9.62 Å². The van der Waals surface area contributed by atoms with Crippen LogP contribution in [0.15, 0.2) is 42.5 Å². The average Bonchev–Trinajstić information content (AvgIpc) is 3.26. The molecule has 3 atom stereocenters. The molecule has 1 aliphatic heterocycles. The van der Waals surface area contributed by atoms with E-state index in [4.69, 9.17) is 4.74 Å². The minimum atomic E-state index is -3.57. The maximum absolute atomic E-state index is 16.0. The Morgan fingerprint density at radius 2 is 1.85 bits per heavy atom. The van der Waals surface area contributed by atoms with Gasteiger partial charge >= 0.3 is 0 Å². The topological polar surface area (TPSA) is 75.7 Å². The Morgan fingerprint density at radius 3 is 2.48 bits per heavy atom. The predicted molar refractivity (Wildman–Crippen MR) is 116 cm³/mol. The van der Waals surface area contributed by atoms with E-state index in [2.05, 4.69) is 4.72 Å². The van der Waals surface area contributed by atoms with E-state index < -0.39 is 44.7 Å². The summed E-state index contributed by atoms with van der Waals surface area (Å²) in [6, 6.07) is 9.44. The molecule has 2 aromatic rings. The van der Waals surface area contributed by atoms with Gasteiger partial charge in [0.2, 0.25) is 15.9 Å². The number of sulfonamides is 1. The lowest BCUT2D eigenvalue weighted by Gasteiger charge is -2.29. The summed E-state index contributed by atoms with van der Waals surface area (Å²) in [5, 5.41) is 0. The van der Waals surface area contributed by atoms with Crippen molar-refractivity contribution in [2.75, 3.05) is 33.1 Å².